The molecule has 5 unspecified atom stereocenters. The van der Waals surface area contributed by atoms with Crippen LogP contribution in [-0.4, -0.2) is 0 Å². The first-order valence-electron chi connectivity index (χ1n) is 6.91. The minimum absolute atomic E-state index is 0.620. The maximum absolute atomic E-state index is 2.52. The van der Waals surface area contributed by atoms with Gasteiger partial charge in [0.2, 0.25) is 0 Å². The van der Waals surface area contributed by atoms with E-state index < -0.39 is 0 Å². The van der Waals surface area contributed by atoms with Crippen LogP contribution >= 0.6 is 0 Å². The maximum atomic E-state index is 2.52. The van der Waals surface area contributed by atoms with Gasteiger partial charge in [0.05, 0.1) is 0 Å². The Morgan fingerprint density at radius 2 is 1.33 bits per heavy atom. The molecule has 0 amide bonds. The molecule has 88 valence electrons. The fraction of sp³-hybridized carbons (Fsp3) is 1.00. The second kappa shape index (κ2) is 3.79. The molecule has 15 heavy (non-hydrogen) atoms. The lowest BCUT2D eigenvalue weighted by atomic mass is 9.77. The van der Waals surface area contributed by atoms with Crippen molar-refractivity contribution in [2.45, 2.75) is 60.3 Å². The van der Waals surface area contributed by atoms with E-state index in [0.29, 0.717) is 5.41 Å². The van der Waals surface area contributed by atoms with E-state index in [1.54, 1.807) is 0 Å². The molecule has 0 N–H and O–H groups in total. The third-order valence-electron chi connectivity index (χ3n) is 5.51. The molecule has 0 heterocycles. The van der Waals surface area contributed by atoms with Crippen LogP contribution in [0.5, 0.6) is 0 Å². The van der Waals surface area contributed by atoms with Crippen molar-refractivity contribution in [2.75, 3.05) is 0 Å². The second-order valence-electron chi connectivity index (χ2n) is 7.29. The third-order valence-corrected chi connectivity index (χ3v) is 5.51. The molecule has 5 atom stereocenters. The van der Waals surface area contributed by atoms with Crippen LogP contribution in [0.4, 0.5) is 0 Å². The number of hydrogen-bond acceptors (Lipinski definition) is 0. The number of fused-ring (bicyclic) bond motifs is 1. The van der Waals surface area contributed by atoms with Crippen LogP contribution in [0.3, 0.4) is 0 Å². The predicted octanol–water partition coefficient (Wildman–Crippen LogP) is 4.74. The van der Waals surface area contributed by atoms with Crippen LogP contribution in [0.25, 0.3) is 0 Å². The van der Waals surface area contributed by atoms with Crippen molar-refractivity contribution in [1.82, 2.24) is 0 Å². The van der Waals surface area contributed by atoms with Gasteiger partial charge in [-0.15, -0.1) is 0 Å². The summed E-state index contributed by atoms with van der Waals surface area (Å²) in [5.74, 6) is 4.94. The summed E-state index contributed by atoms with van der Waals surface area (Å²) in [7, 11) is 0. The summed E-state index contributed by atoms with van der Waals surface area (Å²) in [6.07, 6.45) is 5.90. The Hall–Kier alpha value is 0. The van der Waals surface area contributed by atoms with Crippen molar-refractivity contribution in [2.24, 2.45) is 35.0 Å². The van der Waals surface area contributed by atoms with Crippen LogP contribution < -0.4 is 0 Å². The normalized spacial score (nSPS) is 49.8. The van der Waals surface area contributed by atoms with E-state index in [4.69, 9.17) is 0 Å². The molecule has 0 bridgehead atoms. The van der Waals surface area contributed by atoms with Gasteiger partial charge in [0.1, 0.15) is 0 Å². The molecule has 0 radical (unpaired) electrons. The molecule has 2 aliphatic carbocycles. The summed E-state index contributed by atoms with van der Waals surface area (Å²) in [5, 5.41) is 0. The average molecular weight is 208 g/mol. The summed E-state index contributed by atoms with van der Waals surface area (Å²) in [6, 6.07) is 0. The Kier molecular flexibility index (Phi) is 2.90. The van der Waals surface area contributed by atoms with Crippen molar-refractivity contribution in [3.05, 3.63) is 0 Å². The predicted molar refractivity (Wildman–Crippen MR) is 66.7 cm³/mol. The van der Waals surface area contributed by atoms with Crippen LogP contribution in [0.15, 0.2) is 0 Å². The van der Waals surface area contributed by atoms with Crippen LogP contribution in [0.2, 0.25) is 0 Å². The summed E-state index contributed by atoms with van der Waals surface area (Å²) in [5.41, 5.74) is 0.620. The van der Waals surface area contributed by atoms with Crippen LogP contribution in [0, 0.1) is 35.0 Å². The molecule has 0 aliphatic heterocycles. The molecule has 0 spiro atoms. The summed E-state index contributed by atoms with van der Waals surface area (Å²) in [6.45, 7) is 12.5. The van der Waals surface area contributed by atoms with Crippen LogP contribution in [-0.2, 0) is 0 Å². The molecule has 2 fully saturated rings. The highest BCUT2D eigenvalue weighted by Gasteiger charge is 2.45. The minimum Gasteiger partial charge on any atom is -0.0622 e. The molecule has 0 nitrogen and oxygen atoms in total. The highest BCUT2D eigenvalue weighted by molar-refractivity contribution is 4.95. The quantitative estimate of drug-likeness (QED) is 0.539. The Morgan fingerprint density at radius 1 is 0.800 bits per heavy atom. The standard InChI is InChI=1S/C15H28/c1-10-6-7-11(2)13-8-15(4,5)9-14(13)12(10)3/h10-14H,6-9H2,1-5H3. The summed E-state index contributed by atoms with van der Waals surface area (Å²) >= 11 is 0. The van der Waals surface area contributed by atoms with E-state index in [2.05, 4.69) is 34.6 Å². The van der Waals surface area contributed by atoms with E-state index in [9.17, 15) is 0 Å². The third kappa shape index (κ3) is 2.10. The van der Waals surface area contributed by atoms with E-state index in [1.165, 1.54) is 25.7 Å². The number of hydrogen-bond donors (Lipinski definition) is 0. The zero-order chi connectivity index (χ0) is 11.2. The molecule has 0 aromatic heterocycles. The SMILES string of the molecule is CC1CCC(C)C2CC(C)(C)CC2C1C. The fourth-order valence-corrected chi connectivity index (χ4v) is 4.29. The van der Waals surface area contributed by atoms with E-state index in [1.807, 2.05) is 0 Å². The minimum atomic E-state index is 0.620. The smallest absolute Gasteiger partial charge is 0.0349 e. The topological polar surface area (TPSA) is 0 Å². The zero-order valence-corrected chi connectivity index (χ0v) is 11.2. The van der Waals surface area contributed by atoms with E-state index in [-0.39, 0.29) is 0 Å². The Bertz CT molecular complexity index is 228. The van der Waals surface area contributed by atoms with Gasteiger partial charge in [0.25, 0.3) is 0 Å². The molecule has 0 aromatic carbocycles. The molecule has 0 aromatic rings. The van der Waals surface area contributed by atoms with Crippen molar-refractivity contribution < 1.29 is 0 Å². The Morgan fingerprint density at radius 3 is 2.00 bits per heavy atom. The van der Waals surface area contributed by atoms with Crippen LogP contribution in [0.1, 0.15) is 60.3 Å². The first kappa shape index (κ1) is 11.5. The first-order valence-corrected chi connectivity index (χ1v) is 6.91. The summed E-state index contributed by atoms with van der Waals surface area (Å²) < 4.78 is 0. The molecule has 0 heteroatoms. The fourth-order valence-electron chi connectivity index (χ4n) is 4.29. The van der Waals surface area contributed by atoms with Gasteiger partial charge in [-0.05, 0) is 47.8 Å². The van der Waals surface area contributed by atoms with Crippen molar-refractivity contribution >= 4 is 0 Å². The van der Waals surface area contributed by atoms with E-state index in [0.717, 1.165) is 29.6 Å². The molecular weight excluding hydrogens is 180 g/mol. The first-order chi connectivity index (χ1) is 6.91. The molecule has 2 saturated carbocycles. The second-order valence-corrected chi connectivity index (χ2v) is 7.29. The molecule has 2 rings (SSSR count). The number of rotatable bonds is 0. The molecule has 0 saturated heterocycles. The van der Waals surface area contributed by atoms with Crippen molar-refractivity contribution in [1.29, 1.82) is 0 Å². The highest BCUT2D eigenvalue weighted by atomic mass is 14.5. The Labute approximate surface area is 95.8 Å². The van der Waals surface area contributed by atoms with Crippen molar-refractivity contribution in [3.8, 4) is 0 Å². The average Bonchev–Trinajstić information content (AvgIpc) is 2.44. The molecule has 2 aliphatic rings. The van der Waals surface area contributed by atoms with Gasteiger partial charge in [0, 0.05) is 0 Å². The van der Waals surface area contributed by atoms with Gasteiger partial charge in [-0.2, -0.15) is 0 Å². The summed E-state index contributed by atoms with van der Waals surface area (Å²) in [4.78, 5) is 0. The van der Waals surface area contributed by atoms with Gasteiger partial charge < -0.3 is 0 Å². The van der Waals surface area contributed by atoms with Gasteiger partial charge in [0.15, 0.2) is 0 Å². The zero-order valence-electron chi connectivity index (χ0n) is 11.2. The lowest BCUT2D eigenvalue weighted by Gasteiger charge is -2.28. The molecular formula is C15H28. The van der Waals surface area contributed by atoms with Gasteiger partial charge in [-0.25, -0.2) is 0 Å². The Balaban J connectivity index is 2.20. The maximum Gasteiger partial charge on any atom is -0.0349 e. The largest absolute Gasteiger partial charge is 0.0622 e. The van der Waals surface area contributed by atoms with Crippen molar-refractivity contribution in [3.63, 3.8) is 0 Å². The lowest BCUT2D eigenvalue weighted by Crippen LogP contribution is -2.21. The van der Waals surface area contributed by atoms with E-state index >= 15 is 0 Å². The lowest BCUT2D eigenvalue weighted by molar-refractivity contribution is 0.207. The van der Waals surface area contributed by atoms with Gasteiger partial charge >= 0.3 is 0 Å². The monoisotopic (exact) mass is 208 g/mol. The highest BCUT2D eigenvalue weighted by Crippen LogP contribution is 2.54. The van der Waals surface area contributed by atoms with Gasteiger partial charge in [-0.1, -0.05) is 47.5 Å². The van der Waals surface area contributed by atoms with Gasteiger partial charge in [-0.3, -0.25) is 0 Å².